The third kappa shape index (κ3) is 2.32. The normalized spacial score (nSPS) is 29.0. The Labute approximate surface area is 72.1 Å². The summed E-state index contributed by atoms with van der Waals surface area (Å²) in [5.41, 5.74) is 0. The van der Waals surface area contributed by atoms with E-state index in [1.54, 1.807) is 0 Å². The fourth-order valence-electron chi connectivity index (χ4n) is 1.55. The average molecular weight is 170 g/mol. The molecule has 0 aromatic rings. The quantitative estimate of drug-likeness (QED) is 0.584. The molecule has 0 spiro atoms. The van der Waals surface area contributed by atoms with E-state index in [4.69, 9.17) is 4.74 Å². The molecule has 3 nitrogen and oxygen atoms in total. The zero-order chi connectivity index (χ0) is 9.14. The molecule has 0 radical (unpaired) electrons. The summed E-state index contributed by atoms with van der Waals surface area (Å²) in [5, 5.41) is 0. The van der Waals surface area contributed by atoms with E-state index in [2.05, 4.69) is 0 Å². The second kappa shape index (κ2) is 3.70. The first-order chi connectivity index (χ1) is 5.59. The van der Waals surface area contributed by atoms with Gasteiger partial charge in [0, 0.05) is 25.7 Å². The Hall–Kier alpha value is -0.860. The van der Waals surface area contributed by atoms with E-state index in [1.165, 1.54) is 6.92 Å². The highest BCUT2D eigenvalue weighted by Crippen LogP contribution is 2.28. The van der Waals surface area contributed by atoms with Crippen molar-refractivity contribution in [2.24, 2.45) is 11.8 Å². The zero-order valence-electron chi connectivity index (χ0n) is 7.50. The summed E-state index contributed by atoms with van der Waals surface area (Å²) in [5.74, 6) is 0.652. The average Bonchev–Trinajstić information content (AvgIpc) is 2.26. The second-order valence-corrected chi connectivity index (χ2v) is 3.49. The molecule has 12 heavy (non-hydrogen) atoms. The summed E-state index contributed by atoms with van der Waals surface area (Å²) in [6.45, 7) is 3.82. The standard InChI is InChI=1S/C9H14O3/c1-6-3-9(11)4-8(6)5-12-7(2)10/h6,8H,3-5H2,1-2H3/t6-,8-/m1/s1. The lowest BCUT2D eigenvalue weighted by molar-refractivity contribution is -0.142. The molecule has 1 fully saturated rings. The molecule has 1 rings (SSSR count). The van der Waals surface area contributed by atoms with Crippen molar-refractivity contribution in [3.63, 3.8) is 0 Å². The summed E-state index contributed by atoms with van der Waals surface area (Å²) in [7, 11) is 0. The van der Waals surface area contributed by atoms with Crippen LogP contribution in [0, 0.1) is 11.8 Å². The Bertz CT molecular complexity index is 198. The lowest BCUT2D eigenvalue weighted by Crippen LogP contribution is -2.14. The molecule has 1 aliphatic carbocycles. The van der Waals surface area contributed by atoms with Crippen LogP contribution in [0.3, 0.4) is 0 Å². The number of hydrogen-bond donors (Lipinski definition) is 0. The van der Waals surface area contributed by atoms with Gasteiger partial charge in [0.05, 0.1) is 6.61 Å². The molecule has 0 amide bonds. The SMILES string of the molecule is CC(=O)OC[C@H]1CC(=O)C[C@H]1C. The van der Waals surface area contributed by atoms with Crippen LogP contribution in [0.4, 0.5) is 0 Å². The Morgan fingerprint density at radius 3 is 2.67 bits per heavy atom. The first kappa shape index (κ1) is 9.23. The van der Waals surface area contributed by atoms with Crippen molar-refractivity contribution in [1.29, 1.82) is 0 Å². The van der Waals surface area contributed by atoms with E-state index < -0.39 is 0 Å². The van der Waals surface area contributed by atoms with Gasteiger partial charge in [0.25, 0.3) is 0 Å². The predicted octanol–water partition coefficient (Wildman–Crippen LogP) is 1.16. The largest absolute Gasteiger partial charge is 0.466 e. The Morgan fingerprint density at radius 2 is 2.25 bits per heavy atom. The molecule has 0 N–H and O–H groups in total. The molecule has 1 saturated carbocycles. The Kier molecular flexibility index (Phi) is 2.84. The van der Waals surface area contributed by atoms with Gasteiger partial charge >= 0.3 is 5.97 Å². The zero-order valence-corrected chi connectivity index (χ0v) is 7.50. The molecule has 0 heterocycles. The van der Waals surface area contributed by atoms with Gasteiger partial charge in [-0.1, -0.05) is 6.92 Å². The number of hydrogen-bond acceptors (Lipinski definition) is 3. The summed E-state index contributed by atoms with van der Waals surface area (Å²) >= 11 is 0. The molecule has 0 bridgehead atoms. The van der Waals surface area contributed by atoms with Crippen molar-refractivity contribution >= 4 is 11.8 Å². The number of carbonyl (C=O) groups is 2. The molecule has 2 atom stereocenters. The summed E-state index contributed by atoms with van der Waals surface area (Å²) in [6, 6.07) is 0. The van der Waals surface area contributed by atoms with Crippen molar-refractivity contribution in [2.45, 2.75) is 26.7 Å². The minimum absolute atomic E-state index is 0.251. The lowest BCUT2D eigenvalue weighted by Gasteiger charge is -2.12. The van der Waals surface area contributed by atoms with Crippen LogP contribution in [-0.4, -0.2) is 18.4 Å². The van der Waals surface area contributed by atoms with Crippen LogP contribution < -0.4 is 0 Å². The molecule has 0 aromatic heterocycles. The summed E-state index contributed by atoms with van der Waals surface area (Å²) in [6.07, 6.45) is 1.22. The molecule has 68 valence electrons. The van der Waals surface area contributed by atoms with Crippen molar-refractivity contribution in [3.8, 4) is 0 Å². The highest BCUT2D eigenvalue weighted by Gasteiger charge is 2.30. The van der Waals surface area contributed by atoms with Gasteiger partial charge in [-0.3, -0.25) is 9.59 Å². The fraction of sp³-hybridized carbons (Fsp3) is 0.778. The van der Waals surface area contributed by atoms with Crippen LogP contribution in [-0.2, 0) is 14.3 Å². The number of rotatable bonds is 2. The molecule has 1 aliphatic rings. The van der Waals surface area contributed by atoms with Crippen molar-refractivity contribution in [3.05, 3.63) is 0 Å². The Balaban J connectivity index is 2.33. The molecule has 0 aromatic carbocycles. The van der Waals surface area contributed by atoms with E-state index >= 15 is 0 Å². The Morgan fingerprint density at radius 1 is 1.58 bits per heavy atom. The summed E-state index contributed by atoms with van der Waals surface area (Å²) in [4.78, 5) is 21.4. The maximum atomic E-state index is 11.0. The van der Waals surface area contributed by atoms with E-state index in [-0.39, 0.29) is 11.9 Å². The van der Waals surface area contributed by atoms with Crippen LogP contribution >= 0.6 is 0 Å². The maximum absolute atomic E-state index is 11.0. The molecule has 0 aliphatic heterocycles. The minimum atomic E-state index is -0.262. The molecule has 3 heteroatoms. The first-order valence-corrected chi connectivity index (χ1v) is 4.24. The number of ether oxygens (including phenoxy) is 1. The molecular formula is C9H14O3. The lowest BCUT2D eigenvalue weighted by atomic mass is 9.99. The van der Waals surface area contributed by atoms with Gasteiger partial charge in [-0.2, -0.15) is 0 Å². The van der Waals surface area contributed by atoms with E-state index in [0.29, 0.717) is 31.1 Å². The third-order valence-corrected chi connectivity index (χ3v) is 2.34. The van der Waals surface area contributed by atoms with Gasteiger partial charge in [-0.15, -0.1) is 0 Å². The van der Waals surface area contributed by atoms with Gasteiger partial charge in [-0.25, -0.2) is 0 Å². The van der Waals surface area contributed by atoms with Crippen molar-refractivity contribution in [1.82, 2.24) is 0 Å². The second-order valence-electron chi connectivity index (χ2n) is 3.49. The highest BCUT2D eigenvalue weighted by atomic mass is 16.5. The third-order valence-electron chi connectivity index (χ3n) is 2.34. The van der Waals surface area contributed by atoms with E-state index in [9.17, 15) is 9.59 Å². The van der Waals surface area contributed by atoms with Crippen molar-refractivity contribution < 1.29 is 14.3 Å². The molecular weight excluding hydrogens is 156 g/mol. The van der Waals surface area contributed by atoms with Crippen LogP contribution in [0.25, 0.3) is 0 Å². The predicted molar refractivity (Wildman–Crippen MR) is 43.5 cm³/mol. The minimum Gasteiger partial charge on any atom is -0.466 e. The molecule has 0 saturated heterocycles. The van der Waals surface area contributed by atoms with Crippen LogP contribution in [0.1, 0.15) is 26.7 Å². The van der Waals surface area contributed by atoms with Crippen LogP contribution in [0.15, 0.2) is 0 Å². The monoisotopic (exact) mass is 170 g/mol. The topological polar surface area (TPSA) is 43.4 Å². The fourth-order valence-corrected chi connectivity index (χ4v) is 1.55. The molecule has 0 unspecified atom stereocenters. The van der Waals surface area contributed by atoms with Crippen LogP contribution in [0.2, 0.25) is 0 Å². The summed E-state index contributed by atoms with van der Waals surface area (Å²) < 4.78 is 4.85. The van der Waals surface area contributed by atoms with Gasteiger partial charge < -0.3 is 4.74 Å². The van der Waals surface area contributed by atoms with Gasteiger partial charge in [-0.05, 0) is 5.92 Å². The number of Topliss-reactive ketones (excluding diaryl/α,β-unsaturated/α-hetero) is 1. The van der Waals surface area contributed by atoms with Gasteiger partial charge in [0.15, 0.2) is 0 Å². The van der Waals surface area contributed by atoms with Gasteiger partial charge in [0.2, 0.25) is 0 Å². The number of carbonyl (C=O) groups excluding carboxylic acids is 2. The van der Waals surface area contributed by atoms with Crippen molar-refractivity contribution in [2.75, 3.05) is 6.61 Å². The van der Waals surface area contributed by atoms with Crippen LogP contribution in [0.5, 0.6) is 0 Å². The number of esters is 1. The highest BCUT2D eigenvalue weighted by molar-refractivity contribution is 5.81. The van der Waals surface area contributed by atoms with Gasteiger partial charge in [0.1, 0.15) is 5.78 Å². The van der Waals surface area contributed by atoms with E-state index in [1.807, 2.05) is 6.92 Å². The van der Waals surface area contributed by atoms with E-state index in [0.717, 1.165) is 0 Å². The first-order valence-electron chi connectivity index (χ1n) is 4.24. The number of ketones is 1. The smallest absolute Gasteiger partial charge is 0.302 e. The maximum Gasteiger partial charge on any atom is 0.302 e.